The van der Waals surface area contributed by atoms with Crippen molar-refractivity contribution in [1.29, 1.82) is 0 Å². The average molecular weight is 322 g/mol. The summed E-state index contributed by atoms with van der Waals surface area (Å²) in [4.78, 5) is 19.6. The van der Waals surface area contributed by atoms with E-state index in [0.717, 1.165) is 0 Å². The van der Waals surface area contributed by atoms with E-state index in [-0.39, 0.29) is 18.3 Å². The van der Waals surface area contributed by atoms with Crippen molar-refractivity contribution in [2.45, 2.75) is 6.92 Å². The van der Waals surface area contributed by atoms with Gasteiger partial charge in [-0.15, -0.1) is 0 Å². The molecule has 0 aliphatic rings. The maximum atomic E-state index is 11.7. The molecule has 1 aromatic heterocycles. The van der Waals surface area contributed by atoms with E-state index in [1.807, 2.05) is 0 Å². The van der Waals surface area contributed by atoms with Crippen molar-refractivity contribution in [1.82, 2.24) is 9.97 Å². The van der Waals surface area contributed by atoms with Crippen LogP contribution in [0.4, 0.5) is 0 Å². The lowest BCUT2D eigenvalue weighted by atomic mass is 10.2. The molecule has 0 aliphatic heterocycles. The topological polar surface area (TPSA) is 100 Å². The summed E-state index contributed by atoms with van der Waals surface area (Å²) < 4.78 is 20.5. The minimum Gasteiger partial charge on any atom is -0.493 e. The van der Waals surface area contributed by atoms with Crippen molar-refractivity contribution in [3.05, 3.63) is 18.0 Å². The van der Waals surface area contributed by atoms with Crippen molar-refractivity contribution >= 4 is 16.9 Å². The lowest BCUT2D eigenvalue weighted by Crippen LogP contribution is -2.10. The third-order valence-corrected chi connectivity index (χ3v) is 2.96. The third-order valence-electron chi connectivity index (χ3n) is 2.96. The van der Waals surface area contributed by atoms with Gasteiger partial charge < -0.3 is 24.1 Å². The van der Waals surface area contributed by atoms with E-state index in [1.165, 1.54) is 7.11 Å². The van der Waals surface area contributed by atoms with E-state index in [9.17, 15) is 9.90 Å². The van der Waals surface area contributed by atoms with E-state index in [0.29, 0.717) is 35.6 Å². The Bertz CT molecular complexity index is 704. The van der Waals surface area contributed by atoms with Crippen LogP contribution in [0.3, 0.4) is 0 Å². The summed E-state index contributed by atoms with van der Waals surface area (Å²) in [5.41, 5.74) is 0.344. The number of hydrogen-bond donors (Lipinski definition) is 1. The molecular formula is C15H18N2O6. The Labute approximate surface area is 133 Å². The number of nitrogens with zero attached hydrogens (tertiary/aromatic N) is 2. The number of carbonyl (C=O) groups excluding carboxylic acids is 1. The van der Waals surface area contributed by atoms with E-state index in [1.54, 1.807) is 26.2 Å². The molecule has 1 heterocycles. The van der Waals surface area contributed by atoms with Gasteiger partial charge >= 0.3 is 5.97 Å². The molecule has 8 heteroatoms. The lowest BCUT2D eigenvalue weighted by molar-refractivity contribution is 0.0511. The number of carbonyl (C=O) groups is 1. The van der Waals surface area contributed by atoms with E-state index < -0.39 is 5.97 Å². The average Bonchev–Trinajstić information content (AvgIpc) is 2.55. The standard InChI is InChI=1S/C15H18N2O6/c1-4-22-15(19)13-16-10-8-11(21-3)12(23-6-5-20-2)7-9(10)14(18)17-13/h7-8H,4-6H2,1-3H3,(H,16,17,18). The van der Waals surface area contributed by atoms with Crippen molar-refractivity contribution in [2.75, 3.05) is 34.0 Å². The first-order chi connectivity index (χ1) is 11.1. The molecule has 124 valence electrons. The quantitative estimate of drug-likeness (QED) is 0.605. The SMILES string of the molecule is CCOC(=O)c1nc(O)c2cc(OCCOC)c(OC)cc2n1. The molecule has 0 spiro atoms. The van der Waals surface area contributed by atoms with Gasteiger partial charge in [-0.3, -0.25) is 0 Å². The molecule has 2 aromatic rings. The Kier molecular flexibility index (Phi) is 5.53. The largest absolute Gasteiger partial charge is 0.493 e. The molecule has 0 unspecified atom stereocenters. The fraction of sp³-hybridized carbons (Fsp3) is 0.400. The number of aromatic hydroxyl groups is 1. The molecule has 2 rings (SSSR count). The first-order valence-corrected chi connectivity index (χ1v) is 6.98. The zero-order valence-corrected chi connectivity index (χ0v) is 13.2. The minimum absolute atomic E-state index is 0.191. The second-order valence-electron chi connectivity index (χ2n) is 4.45. The van der Waals surface area contributed by atoms with Crippen molar-refractivity contribution in [3.63, 3.8) is 0 Å². The van der Waals surface area contributed by atoms with Crippen LogP contribution < -0.4 is 9.47 Å². The van der Waals surface area contributed by atoms with E-state index >= 15 is 0 Å². The Morgan fingerprint density at radius 2 is 1.96 bits per heavy atom. The van der Waals surface area contributed by atoms with Crippen LogP contribution in [0.1, 0.15) is 17.5 Å². The Morgan fingerprint density at radius 1 is 1.17 bits per heavy atom. The summed E-state index contributed by atoms with van der Waals surface area (Å²) >= 11 is 0. The Hall–Kier alpha value is -2.61. The summed E-state index contributed by atoms with van der Waals surface area (Å²) in [5, 5.41) is 10.4. The molecule has 0 aliphatic carbocycles. The smallest absolute Gasteiger partial charge is 0.376 e. The number of esters is 1. The maximum absolute atomic E-state index is 11.7. The predicted octanol–water partition coefficient (Wildman–Crippen LogP) is 1.55. The van der Waals surface area contributed by atoms with Gasteiger partial charge in [0.05, 0.1) is 31.2 Å². The number of fused-ring (bicyclic) bond motifs is 1. The van der Waals surface area contributed by atoms with Crippen LogP contribution in [0.25, 0.3) is 10.9 Å². The van der Waals surface area contributed by atoms with Crippen LogP contribution in [0.15, 0.2) is 12.1 Å². The summed E-state index contributed by atoms with van der Waals surface area (Å²) in [6, 6.07) is 3.11. The first-order valence-electron chi connectivity index (χ1n) is 6.98. The van der Waals surface area contributed by atoms with Gasteiger partial charge in [0.1, 0.15) is 6.61 Å². The van der Waals surface area contributed by atoms with Crippen LogP contribution in [-0.4, -0.2) is 55.1 Å². The Morgan fingerprint density at radius 3 is 2.61 bits per heavy atom. The minimum atomic E-state index is -0.705. The van der Waals surface area contributed by atoms with Gasteiger partial charge in [-0.2, -0.15) is 4.98 Å². The number of rotatable bonds is 7. The molecule has 0 amide bonds. The van der Waals surface area contributed by atoms with E-state index in [2.05, 4.69) is 9.97 Å². The molecule has 0 fully saturated rings. The molecule has 0 saturated heterocycles. The fourth-order valence-corrected chi connectivity index (χ4v) is 1.91. The van der Waals surface area contributed by atoms with Crippen molar-refractivity contribution < 1.29 is 28.8 Å². The summed E-state index contributed by atoms with van der Waals surface area (Å²) in [6.07, 6.45) is 0. The normalized spacial score (nSPS) is 10.6. The van der Waals surface area contributed by atoms with Gasteiger partial charge in [0.15, 0.2) is 11.5 Å². The highest BCUT2D eigenvalue weighted by Gasteiger charge is 2.17. The lowest BCUT2D eigenvalue weighted by Gasteiger charge is -2.12. The highest BCUT2D eigenvalue weighted by molar-refractivity contribution is 5.92. The van der Waals surface area contributed by atoms with Gasteiger partial charge in [0.2, 0.25) is 11.7 Å². The van der Waals surface area contributed by atoms with Gasteiger partial charge in [-0.05, 0) is 13.0 Å². The van der Waals surface area contributed by atoms with Gasteiger partial charge in [0.25, 0.3) is 0 Å². The van der Waals surface area contributed by atoms with E-state index in [4.69, 9.17) is 18.9 Å². The fourth-order valence-electron chi connectivity index (χ4n) is 1.91. The van der Waals surface area contributed by atoms with Crippen LogP contribution in [-0.2, 0) is 9.47 Å². The van der Waals surface area contributed by atoms with Gasteiger partial charge in [-0.1, -0.05) is 0 Å². The molecule has 1 N–H and O–H groups in total. The number of hydrogen-bond acceptors (Lipinski definition) is 8. The van der Waals surface area contributed by atoms with Gasteiger partial charge in [-0.25, -0.2) is 9.78 Å². The molecule has 1 aromatic carbocycles. The maximum Gasteiger partial charge on any atom is 0.376 e. The number of methoxy groups -OCH3 is 2. The third kappa shape index (κ3) is 3.78. The molecule has 0 saturated carbocycles. The van der Waals surface area contributed by atoms with Crippen molar-refractivity contribution in [3.8, 4) is 17.4 Å². The van der Waals surface area contributed by atoms with Crippen molar-refractivity contribution in [2.24, 2.45) is 0 Å². The summed E-state index contributed by atoms with van der Waals surface area (Å²) in [6.45, 7) is 2.59. The molecule has 0 bridgehead atoms. The highest BCUT2D eigenvalue weighted by atomic mass is 16.5. The van der Waals surface area contributed by atoms with Crippen LogP contribution in [0, 0.1) is 0 Å². The second kappa shape index (κ2) is 7.59. The summed E-state index contributed by atoms with van der Waals surface area (Å²) in [5.74, 6) is -0.422. The molecular weight excluding hydrogens is 304 g/mol. The Balaban J connectivity index is 2.45. The van der Waals surface area contributed by atoms with Crippen LogP contribution in [0.5, 0.6) is 17.4 Å². The van der Waals surface area contributed by atoms with Crippen LogP contribution in [0.2, 0.25) is 0 Å². The molecule has 0 atom stereocenters. The highest BCUT2D eigenvalue weighted by Crippen LogP contribution is 2.34. The first kappa shape index (κ1) is 16.8. The molecule has 8 nitrogen and oxygen atoms in total. The second-order valence-corrected chi connectivity index (χ2v) is 4.45. The number of aromatic nitrogens is 2. The predicted molar refractivity (Wildman–Crippen MR) is 81.1 cm³/mol. The monoisotopic (exact) mass is 322 g/mol. The number of ether oxygens (including phenoxy) is 4. The zero-order chi connectivity index (χ0) is 16.8. The molecule has 0 radical (unpaired) electrons. The zero-order valence-electron chi connectivity index (χ0n) is 13.2. The van der Waals surface area contributed by atoms with Gasteiger partial charge in [0, 0.05) is 13.2 Å². The summed E-state index contributed by atoms with van der Waals surface area (Å²) in [7, 11) is 3.05. The number of benzene rings is 1. The van der Waals surface area contributed by atoms with Crippen LogP contribution >= 0.6 is 0 Å². The molecule has 23 heavy (non-hydrogen) atoms.